The molecule has 0 bridgehead atoms. The Morgan fingerprint density at radius 1 is 1.24 bits per heavy atom. The van der Waals surface area contributed by atoms with Crippen molar-refractivity contribution in [1.82, 2.24) is 18.7 Å². The van der Waals surface area contributed by atoms with Gasteiger partial charge in [0.05, 0.1) is 17.1 Å². The molecule has 3 heterocycles. The van der Waals surface area contributed by atoms with Gasteiger partial charge in [0.15, 0.2) is 0 Å². The van der Waals surface area contributed by atoms with E-state index in [1.54, 1.807) is 0 Å². The molecule has 8 heteroatoms. The van der Waals surface area contributed by atoms with Crippen LogP contribution >= 0.6 is 11.7 Å². The summed E-state index contributed by atoms with van der Waals surface area (Å²) in [5, 5.41) is 3.33. The Morgan fingerprint density at radius 3 is 2.69 bits per heavy atom. The smallest absolute Gasteiger partial charge is 0.239 e. The van der Waals surface area contributed by atoms with Crippen molar-refractivity contribution in [3.8, 4) is 0 Å². The molecule has 5 rings (SSSR count). The second-order valence-corrected chi connectivity index (χ2v) is 8.61. The van der Waals surface area contributed by atoms with Gasteiger partial charge in [-0.05, 0) is 50.3 Å². The van der Waals surface area contributed by atoms with Crippen molar-refractivity contribution in [3.63, 3.8) is 0 Å². The zero-order valence-electron chi connectivity index (χ0n) is 16.9. The molecule has 0 saturated heterocycles. The van der Waals surface area contributed by atoms with Gasteiger partial charge in [-0.25, -0.2) is 4.98 Å². The Bertz CT molecular complexity index is 1110. The van der Waals surface area contributed by atoms with Crippen LogP contribution in [0.1, 0.15) is 57.1 Å². The summed E-state index contributed by atoms with van der Waals surface area (Å²) in [6.07, 6.45) is 6.61. The number of hydrogen-bond acceptors (Lipinski definition) is 7. The number of hydrogen-bond donors (Lipinski definition) is 1. The van der Waals surface area contributed by atoms with E-state index in [1.807, 2.05) is 30.2 Å². The quantitative estimate of drug-likeness (QED) is 0.647. The van der Waals surface area contributed by atoms with Crippen LogP contribution in [0.15, 0.2) is 18.3 Å². The maximum absolute atomic E-state index is 13.3. The van der Waals surface area contributed by atoms with Gasteiger partial charge < -0.3 is 5.32 Å². The van der Waals surface area contributed by atoms with E-state index in [9.17, 15) is 4.79 Å². The van der Waals surface area contributed by atoms with Crippen LogP contribution in [0.3, 0.4) is 0 Å². The Balaban J connectivity index is 1.53. The topological polar surface area (TPSA) is 83.9 Å². The molecule has 1 aromatic carbocycles. The van der Waals surface area contributed by atoms with E-state index in [-0.39, 0.29) is 17.4 Å². The summed E-state index contributed by atoms with van der Waals surface area (Å²) in [4.78, 5) is 24.6. The Morgan fingerprint density at radius 2 is 2.00 bits per heavy atom. The molecule has 1 aliphatic heterocycles. The van der Waals surface area contributed by atoms with E-state index < -0.39 is 0 Å². The average Bonchev–Trinajstić information content (AvgIpc) is 3.34. The molecule has 0 radical (unpaired) electrons. The number of aromatic nitrogens is 4. The van der Waals surface area contributed by atoms with Crippen molar-refractivity contribution in [2.24, 2.45) is 0 Å². The summed E-state index contributed by atoms with van der Waals surface area (Å²) < 4.78 is 8.61. The molecule has 2 aromatic heterocycles. The largest absolute Gasteiger partial charge is 0.324 e. The third-order valence-corrected chi connectivity index (χ3v) is 6.75. The summed E-state index contributed by atoms with van der Waals surface area (Å²) in [5.74, 6) is 1.51. The summed E-state index contributed by atoms with van der Waals surface area (Å²) in [6.45, 7) is 6.33. The SMILES string of the molecule is CCCC(CC)N1C(=O)C2(CC2)c2cnc(Nc3cc4nsnc4cc3C)nc21. The van der Waals surface area contributed by atoms with Crippen LogP contribution in [-0.2, 0) is 10.2 Å². The maximum atomic E-state index is 13.3. The monoisotopic (exact) mass is 408 g/mol. The highest BCUT2D eigenvalue weighted by molar-refractivity contribution is 7.00. The van der Waals surface area contributed by atoms with Gasteiger partial charge in [0.2, 0.25) is 11.9 Å². The van der Waals surface area contributed by atoms with Gasteiger partial charge in [-0.1, -0.05) is 20.3 Å². The van der Waals surface area contributed by atoms with Gasteiger partial charge in [0.1, 0.15) is 16.9 Å². The predicted octanol–water partition coefficient (Wildman–Crippen LogP) is 4.49. The number of nitrogens with zero attached hydrogens (tertiary/aromatic N) is 5. The first-order valence-corrected chi connectivity index (χ1v) is 11.0. The molecule has 3 aromatic rings. The number of carbonyl (C=O) groups excluding carboxylic acids is 1. The van der Waals surface area contributed by atoms with Crippen LogP contribution in [0.4, 0.5) is 17.5 Å². The standard InChI is InChI=1S/C21H24N6OS/c1-4-6-13(5-2)27-18-14(21(7-8-21)19(27)28)11-22-20(24-18)23-15-10-17-16(9-12(15)3)25-29-26-17/h9-11,13H,4-8H2,1-3H3,(H,22,23,24). The van der Waals surface area contributed by atoms with Gasteiger partial charge in [0, 0.05) is 23.5 Å². The van der Waals surface area contributed by atoms with Gasteiger partial charge in [0.25, 0.3) is 0 Å². The molecule has 1 unspecified atom stereocenters. The Hall–Kier alpha value is -2.61. The maximum Gasteiger partial charge on any atom is 0.239 e. The van der Waals surface area contributed by atoms with Gasteiger partial charge >= 0.3 is 0 Å². The number of rotatable bonds is 6. The van der Waals surface area contributed by atoms with Crippen molar-refractivity contribution >= 4 is 46.1 Å². The molecule has 1 spiro atoms. The number of anilines is 3. The first-order chi connectivity index (χ1) is 14.1. The van der Waals surface area contributed by atoms with Crippen LogP contribution in [0.25, 0.3) is 11.0 Å². The summed E-state index contributed by atoms with van der Waals surface area (Å²) >= 11 is 1.21. The lowest BCUT2D eigenvalue weighted by Gasteiger charge is -2.27. The lowest BCUT2D eigenvalue weighted by molar-refractivity contribution is -0.120. The highest BCUT2D eigenvalue weighted by Gasteiger charge is 2.61. The molecular weight excluding hydrogens is 384 g/mol. The molecule has 1 atom stereocenters. The number of nitrogens with one attached hydrogen (secondary N) is 1. The average molecular weight is 409 g/mol. The Labute approximate surface area is 173 Å². The van der Waals surface area contributed by atoms with E-state index in [0.717, 1.165) is 65.8 Å². The number of fused-ring (bicyclic) bond motifs is 3. The van der Waals surface area contributed by atoms with Crippen molar-refractivity contribution in [2.75, 3.05) is 10.2 Å². The lowest BCUT2D eigenvalue weighted by atomic mass is 10.0. The molecule has 29 heavy (non-hydrogen) atoms. The number of amides is 1. The first kappa shape index (κ1) is 18.4. The van der Waals surface area contributed by atoms with Crippen molar-refractivity contribution < 1.29 is 4.79 Å². The van der Waals surface area contributed by atoms with Crippen molar-refractivity contribution in [3.05, 3.63) is 29.5 Å². The van der Waals surface area contributed by atoms with E-state index in [0.29, 0.717) is 5.95 Å². The van der Waals surface area contributed by atoms with Crippen LogP contribution in [-0.4, -0.2) is 30.7 Å². The second kappa shape index (κ2) is 6.73. The minimum atomic E-state index is -0.365. The molecule has 1 aliphatic carbocycles. The van der Waals surface area contributed by atoms with Crippen molar-refractivity contribution in [1.29, 1.82) is 0 Å². The summed E-state index contributed by atoms with van der Waals surface area (Å²) in [7, 11) is 0. The fourth-order valence-electron chi connectivity index (χ4n) is 4.38. The fraction of sp³-hybridized carbons (Fsp3) is 0.476. The van der Waals surface area contributed by atoms with E-state index >= 15 is 0 Å². The number of carbonyl (C=O) groups is 1. The van der Waals surface area contributed by atoms with Crippen LogP contribution in [0.2, 0.25) is 0 Å². The van der Waals surface area contributed by atoms with Crippen LogP contribution in [0, 0.1) is 6.92 Å². The Kier molecular flexibility index (Phi) is 4.27. The number of benzene rings is 1. The first-order valence-electron chi connectivity index (χ1n) is 10.3. The minimum Gasteiger partial charge on any atom is -0.324 e. The van der Waals surface area contributed by atoms with Crippen molar-refractivity contribution in [2.45, 2.75) is 64.3 Å². The molecule has 1 N–H and O–H groups in total. The third-order valence-electron chi connectivity index (χ3n) is 6.20. The molecule has 1 amide bonds. The highest BCUT2D eigenvalue weighted by atomic mass is 32.1. The molecular formula is C21H24N6OS. The molecule has 1 fully saturated rings. The van der Waals surface area contributed by atoms with Gasteiger partial charge in [-0.3, -0.25) is 9.69 Å². The van der Waals surface area contributed by atoms with Gasteiger partial charge in [-0.15, -0.1) is 0 Å². The third kappa shape index (κ3) is 2.80. The summed E-state index contributed by atoms with van der Waals surface area (Å²) in [5.41, 5.74) is 4.34. The van der Waals surface area contributed by atoms with E-state index in [1.165, 1.54) is 11.7 Å². The zero-order chi connectivity index (χ0) is 20.2. The molecule has 7 nitrogen and oxygen atoms in total. The highest BCUT2D eigenvalue weighted by Crippen LogP contribution is 2.57. The van der Waals surface area contributed by atoms with Gasteiger partial charge in [-0.2, -0.15) is 13.7 Å². The van der Waals surface area contributed by atoms with E-state index in [2.05, 4.69) is 32.9 Å². The van der Waals surface area contributed by atoms with E-state index in [4.69, 9.17) is 4.98 Å². The zero-order valence-corrected chi connectivity index (χ0v) is 17.7. The van der Waals surface area contributed by atoms with Crippen LogP contribution < -0.4 is 10.2 Å². The molecule has 150 valence electrons. The lowest BCUT2D eigenvalue weighted by Crippen LogP contribution is -2.40. The predicted molar refractivity (Wildman–Crippen MR) is 115 cm³/mol. The normalized spacial score (nSPS) is 17.8. The molecule has 2 aliphatic rings. The molecule has 1 saturated carbocycles. The van der Waals surface area contributed by atoms with Crippen LogP contribution in [0.5, 0.6) is 0 Å². The summed E-state index contributed by atoms with van der Waals surface area (Å²) in [6, 6.07) is 4.17. The number of aryl methyl sites for hydroxylation is 1. The minimum absolute atomic E-state index is 0.188. The second-order valence-electron chi connectivity index (χ2n) is 8.08. The fourth-order valence-corrected chi connectivity index (χ4v) is 4.89.